The summed E-state index contributed by atoms with van der Waals surface area (Å²) in [6, 6.07) is 5.48. The smallest absolute Gasteiger partial charge is 0.261 e. The van der Waals surface area contributed by atoms with E-state index in [1.165, 1.54) is 10.5 Å². The molecule has 2 amide bonds. The molecule has 36 heavy (non-hydrogen) atoms. The van der Waals surface area contributed by atoms with Crippen molar-refractivity contribution in [3.63, 3.8) is 0 Å². The van der Waals surface area contributed by atoms with Gasteiger partial charge in [0.2, 0.25) is 0 Å². The maximum atomic E-state index is 13.6. The first-order valence-electron chi connectivity index (χ1n) is 13.1. The molecule has 0 N–H and O–H groups in total. The number of unbranched alkanes of at least 4 members (excludes halogenated alkanes) is 2. The largest absolute Gasteiger partial charge is 0.297 e. The van der Waals surface area contributed by atoms with E-state index in [1.54, 1.807) is 19.3 Å². The lowest BCUT2D eigenvalue weighted by molar-refractivity contribution is -0.124. The van der Waals surface area contributed by atoms with Crippen LogP contribution in [0.25, 0.3) is 11.1 Å². The second kappa shape index (κ2) is 13.7. The molecule has 1 aliphatic heterocycles. The van der Waals surface area contributed by atoms with Crippen LogP contribution in [0.3, 0.4) is 0 Å². The van der Waals surface area contributed by atoms with Crippen LogP contribution >= 0.6 is 0 Å². The van der Waals surface area contributed by atoms with Gasteiger partial charge in [0.1, 0.15) is 0 Å². The van der Waals surface area contributed by atoms with E-state index in [9.17, 15) is 9.59 Å². The Morgan fingerprint density at radius 3 is 2.36 bits per heavy atom. The average Bonchev–Trinajstić information content (AvgIpc) is 2.89. The number of nitrogens with zero attached hydrogens (tertiary/aromatic N) is 2. The number of rotatable bonds is 12. The molecule has 0 bridgehead atoms. The van der Waals surface area contributed by atoms with Crippen molar-refractivity contribution in [2.75, 3.05) is 7.05 Å². The highest BCUT2D eigenvalue weighted by molar-refractivity contribution is 6.31. The Morgan fingerprint density at radius 2 is 1.75 bits per heavy atom. The van der Waals surface area contributed by atoms with Gasteiger partial charge in [0.15, 0.2) is 0 Å². The summed E-state index contributed by atoms with van der Waals surface area (Å²) >= 11 is 0. The van der Waals surface area contributed by atoms with E-state index >= 15 is 0 Å². The first kappa shape index (κ1) is 29.0. The highest BCUT2D eigenvalue weighted by atomic mass is 16.2. The molecular weight excluding hydrogens is 444 g/mol. The van der Waals surface area contributed by atoms with Gasteiger partial charge in [-0.05, 0) is 73.1 Å². The predicted molar refractivity (Wildman–Crippen MR) is 154 cm³/mol. The maximum Gasteiger partial charge on any atom is 0.261 e. The first-order chi connectivity index (χ1) is 17.2. The lowest BCUT2D eigenvalue weighted by atomic mass is 9.84. The summed E-state index contributed by atoms with van der Waals surface area (Å²) in [6.45, 7) is 18.8. The van der Waals surface area contributed by atoms with E-state index < -0.39 is 0 Å². The molecule has 1 aliphatic rings. The van der Waals surface area contributed by atoms with E-state index in [0.717, 1.165) is 60.8 Å². The zero-order chi connectivity index (χ0) is 26.8. The summed E-state index contributed by atoms with van der Waals surface area (Å²) < 4.78 is 0. The monoisotopic (exact) mass is 486 g/mol. The van der Waals surface area contributed by atoms with Crippen LogP contribution in [0.5, 0.6) is 0 Å². The third kappa shape index (κ3) is 6.48. The molecule has 1 aromatic rings. The average molecular weight is 487 g/mol. The van der Waals surface area contributed by atoms with Crippen LogP contribution in [0.4, 0.5) is 0 Å². The molecule has 0 spiro atoms. The SMILES string of the molecule is C=C(/C(C)=C/C=C(CC)/C(C)=C/C=N\C)c1cccc2c1C(=C)C(=O)N(C(CC)CCCCC)C2=O. The zero-order valence-corrected chi connectivity index (χ0v) is 23.0. The third-order valence-corrected chi connectivity index (χ3v) is 6.97. The number of hydrogen-bond donors (Lipinski definition) is 0. The van der Waals surface area contributed by atoms with Crippen molar-refractivity contribution >= 4 is 29.2 Å². The standard InChI is InChI=1S/C32H42N2O2/c1-9-12-13-15-27(11-3)34-31(35)25(7)30-28(16-14-17-29(30)32(34)36)24(6)22(4)18-19-26(10-2)23(5)20-21-33-8/h14,16-21,27H,6-7,9-13,15H2,1-5,8H3/b22-18+,23-20+,26-19+,33-21-. The quantitative estimate of drug-likeness (QED) is 0.0988. The van der Waals surface area contributed by atoms with Crippen LogP contribution in [0.2, 0.25) is 0 Å². The van der Waals surface area contributed by atoms with Crippen LogP contribution in [-0.4, -0.2) is 36.0 Å². The van der Waals surface area contributed by atoms with Crippen LogP contribution in [0, 0.1) is 0 Å². The van der Waals surface area contributed by atoms with Crippen LogP contribution in [-0.2, 0) is 4.79 Å². The lowest BCUT2D eigenvalue weighted by Crippen LogP contribution is -2.48. The summed E-state index contributed by atoms with van der Waals surface area (Å²) in [6.07, 6.45) is 13.6. The van der Waals surface area contributed by atoms with Gasteiger partial charge in [-0.2, -0.15) is 0 Å². The van der Waals surface area contributed by atoms with Gasteiger partial charge >= 0.3 is 0 Å². The highest BCUT2D eigenvalue weighted by Gasteiger charge is 2.38. The number of allylic oxidation sites excluding steroid dienone is 7. The minimum absolute atomic E-state index is 0.110. The molecule has 0 aromatic heterocycles. The van der Waals surface area contributed by atoms with E-state index in [-0.39, 0.29) is 17.9 Å². The van der Waals surface area contributed by atoms with Crippen LogP contribution < -0.4 is 0 Å². The fourth-order valence-electron chi connectivity index (χ4n) is 4.62. The van der Waals surface area contributed by atoms with Gasteiger partial charge in [0, 0.05) is 36.0 Å². The van der Waals surface area contributed by atoms with Gasteiger partial charge in [-0.15, -0.1) is 0 Å². The summed E-state index contributed by atoms with van der Waals surface area (Å²) in [5.41, 5.74) is 6.39. The van der Waals surface area contributed by atoms with Crippen molar-refractivity contribution < 1.29 is 9.59 Å². The molecule has 1 atom stereocenters. The number of imide groups is 1. The number of carbonyl (C=O) groups is 2. The molecule has 4 heteroatoms. The molecular formula is C32H42N2O2. The van der Waals surface area contributed by atoms with Crippen molar-refractivity contribution in [1.82, 2.24) is 4.90 Å². The Balaban J connectivity index is 2.45. The summed E-state index contributed by atoms with van der Waals surface area (Å²) in [5.74, 6) is -0.516. The topological polar surface area (TPSA) is 49.7 Å². The van der Waals surface area contributed by atoms with Crippen molar-refractivity contribution in [3.05, 3.63) is 83.0 Å². The number of amides is 2. The number of carbonyl (C=O) groups excluding carboxylic acids is 2. The van der Waals surface area contributed by atoms with Crippen molar-refractivity contribution in [3.8, 4) is 0 Å². The predicted octanol–water partition coefficient (Wildman–Crippen LogP) is 7.98. The van der Waals surface area contributed by atoms with Crippen LogP contribution in [0.15, 0.2) is 71.3 Å². The summed E-state index contributed by atoms with van der Waals surface area (Å²) in [7, 11) is 1.76. The summed E-state index contributed by atoms with van der Waals surface area (Å²) in [5, 5.41) is 0. The van der Waals surface area contributed by atoms with E-state index in [1.807, 2.05) is 38.1 Å². The van der Waals surface area contributed by atoms with Crippen molar-refractivity contribution in [2.45, 2.75) is 79.2 Å². The van der Waals surface area contributed by atoms with Gasteiger partial charge < -0.3 is 0 Å². The number of fused-ring (bicyclic) bond motifs is 1. The first-order valence-corrected chi connectivity index (χ1v) is 13.1. The molecule has 1 aromatic carbocycles. The van der Waals surface area contributed by atoms with Gasteiger partial charge in [-0.25, -0.2) is 0 Å². The van der Waals surface area contributed by atoms with E-state index in [4.69, 9.17) is 0 Å². The lowest BCUT2D eigenvalue weighted by Gasteiger charge is -2.35. The molecule has 0 radical (unpaired) electrons. The van der Waals surface area contributed by atoms with Crippen molar-refractivity contribution in [2.24, 2.45) is 4.99 Å². The molecule has 0 aliphatic carbocycles. The maximum absolute atomic E-state index is 13.6. The van der Waals surface area contributed by atoms with E-state index in [2.05, 4.69) is 45.0 Å². The Kier molecular flexibility index (Phi) is 11.0. The van der Waals surface area contributed by atoms with Gasteiger partial charge in [0.05, 0.1) is 0 Å². The van der Waals surface area contributed by atoms with E-state index in [0.29, 0.717) is 16.7 Å². The van der Waals surface area contributed by atoms with Crippen LogP contribution in [0.1, 0.15) is 94.6 Å². The van der Waals surface area contributed by atoms with Gasteiger partial charge in [-0.1, -0.05) is 77.5 Å². The number of benzene rings is 1. The van der Waals surface area contributed by atoms with Crippen molar-refractivity contribution in [1.29, 1.82) is 0 Å². The molecule has 4 nitrogen and oxygen atoms in total. The second-order valence-corrected chi connectivity index (χ2v) is 9.38. The van der Waals surface area contributed by atoms with Gasteiger partial charge in [0.25, 0.3) is 11.8 Å². The molecule has 0 saturated carbocycles. The Bertz CT molecular complexity index is 1130. The fraction of sp³-hybridized carbons (Fsp3) is 0.406. The Hall–Kier alpha value is -3.27. The number of hydrogen-bond acceptors (Lipinski definition) is 3. The molecule has 1 heterocycles. The summed E-state index contributed by atoms with van der Waals surface area (Å²) in [4.78, 5) is 32.5. The fourth-order valence-corrected chi connectivity index (χ4v) is 4.62. The molecule has 192 valence electrons. The number of aliphatic imine (C=N–C) groups is 1. The zero-order valence-electron chi connectivity index (χ0n) is 23.0. The highest BCUT2D eigenvalue weighted by Crippen LogP contribution is 2.37. The minimum Gasteiger partial charge on any atom is -0.297 e. The second-order valence-electron chi connectivity index (χ2n) is 9.38. The van der Waals surface area contributed by atoms with Gasteiger partial charge in [-0.3, -0.25) is 19.5 Å². The molecule has 1 unspecified atom stereocenters. The Morgan fingerprint density at radius 1 is 1.03 bits per heavy atom. The normalized spacial score (nSPS) is 16.1. The third-order valence-electron chi connectivity index (χ3n) is 6.97. The molecule has 0 fully saturated rings. The molecule has 2 rings (SSSR count). The Labute approximate surface area is 217 Å². The minimum atomic E-state index is -0.288. The molecule has 0 saturated heterocycles.